The van der Waals surface area contributed by atoms with Crippen molar-refractivity contribution in [2.45, 2.75) is 13.8 Å². The van der Waals surface area contributed by atoms with Gasteiger partial charge in [0, 0.05) is 0 Å². The summed E-state index contributed by atoms with van der Waals surface area (Å²) in [5.74, 6) is -0.707. The van der Waals surface area contributed by atoms with Gasteiger partial charge in [-0.05, 0) is 19.9 Å². The first-order valence-corrected chi connectivity index (χ1v) is 3.76. The number of carbonyl (C=O) groups excluding carboxylic acids is 2. The third kappa shape index (κ3) is 5.46. The summed E-state index contributed by atoms with van der Waals surface area (Å²) in [6.45, 7) is 3.70. The summed E-state index contributed by atoms with van der Waals surface area (Å²) < 4.78 is 4.59. The molecule has 0 spiro atoms. The fourth-order valence-corrected chi connectivity index (χ4v) is 0.582. The van der Waals surface area contributed by atoms with Crippen molar-refractivity contribution in [2.75, 3.05) is 13.2 Å². The normalized spacial score (nSPS) is 9.83. The molecule has 1 amide bonds. The smallest absolute Gasteiger partial charge is 0.325 e. The van der Waals surface area contributed by atoms with Gasteiger partial charge in [0.1, 0.15) is 6.54 Å². The zero-order valence-corrected chi connectivity index (χ0v) is 7.29. The molecule has 68 valence electrons. The number of carbonyl (C=O) groups is 2. The van der Waals surface area contributed by atoms with Crippen LogP contribution in [0.3, 0.4) is 0 Å². The molecule has 0 saturated carbocycles. The van der Waals surface area contributed by atoms with E-state index in [4.69, 9.17) is 0 Å². The van der Waals surface area contributed by atoms with Gasteiger partial charge in [-0.25, -0.2) is 0 Å². The Morgan fingerprint density at radius 1 is 1.50 bits per heavy atom. The lowest BCUT2D eigenvalue weighted by molar-refractivity contribution is -0.143. The van der Waals surface area contributed by atoms with E-state index in [0.717, 1.165) is 0 Å². The number of hydrogen-bond acceptors (Lipinski definition) is 3. The van der Waals surface area contributed by atoms with Crippen LogP contribution in [-0.2, 0) is 14.3 Å². The number of ether oxygens (including phenoxy) is 1. The van der Waals surface area contributed by atoms with Gasteiger partial charge in [0.25, 0.3) is 0 Å². The molecular formula is C8H13NO3. The van der Waals surface area contributed by atoms with E-state index in [2.05, 4.69) is 10.1 Å². The van der Waals surface area contributed by atoms with Crippen molar-refractivity contribution in [3.8, 4) is 0 Å². The predicted octanol–water partition coefficient (Wildman–Crippen LogP) is 0.242. The maximum atomic E-state index is 10.7. The SMILES string of the molecule is C/C=C/C(=O)NCC(=O)OCC. The van der Waals surface area contributed by atoms with E-state index in [9.17, 15) is 9.59 Å². The second kappa shape index (κ2) is 6.39. The van der Waals surface area contributed by atoms with Crippen LogP contribution in [-0.4, -0.2) is 25.0 Å². The summed E-state index contributed by atoms with van der Waals surface area (Å²) in [6, 6.07) is 0. The van der Waals surface area contributed by atoms with Crippen molar-refractivity contribution in [3.05, 3.63) is 12.2 Å². The molecule has 0 unspecified atom stereocenters. The Bertz CT molecular complexity index is 187. The summed E-state index contributed by atoms with van der Waals surface area (Å²) in [5, 5.41) is 2.37. The molecular weight excluding hydrogens is 158 g/mol. The Morgan fingerprint density at radius 3 is 2.67 bits per heavy atom. The fourth-order valence-electron chi connectivity index (χ4n) is 0.582. The summed E-state index contributed by atoms with van der Waals surface area (Å²) in [7, 11) is 0. The van der Waals surface area contributed by atoms with Gasteiger partial charge < -0.3 is 10.1 Å². The maximum Gasteiger partial charge on any atom is 0.325 e. The third-order valence-corrected chi connectivity index (χ3v) is 1.03. The van der Waals surface area contributed by atoms with Gasteiger partial charge in [-0.1, -0.05) is 6.08 Å². The molecule has 0 fully saturated rings. The molecule has 0 aromatic carbocycles. The van der Waals surface area contributed by atoms with E-state index >= 15 is 0 Å². The molecule has 0 aromatic heterocycles. The molecule has 4 heteroatoms. The molecule has 0 radical (unpaired) electrons. The highest BCUT2D eigenvalue weighted by molar-refractivity contribution is 5.89. The lowest BCUT2D eigenvalue weighted by atomic mass is 10.5. The maximum absolute atomic E-state index is 10.7. The molecule has 0 heterocycles. The average Bonchev–Trinajstić information content (AvgIpc) is 2.02. The van der Waals surface area contributed by atoms with Gasteiger partial charge in [-0.2, -0.15) is 0 Å². The molecule has 0 aliphatic heterocycles. The standard InChI is InChI=1S/C8H13NO3/c1-3-5-7(10)9-6-8(11)12-4-2/h3,5H,4,6H2,1-2H3,(H,9,10)/b5-3+. The number of rotatable bonds is 4. The van der Waals surface area contributed by atoms with Gasteiger partial charge in [-0.15, -0.1) is 0 Å². The Balaban J connectivity index is 3.54. The minimum atomic E-state index is -0.421. The molecule has 1 N–H and O–H groups in total. The van der Waals surface area contributed by atoms with Crippen LogP contribution in [0.1, 0.15) is 13.8 Å². The Hall–Kier alpha value is -1.32. The van der Waals surface area contributed by atoms with Crippen molar-refractivity contribution in [3.63, 3.8) is 0 Å². The molecule has 0 aromatic rings. The first kappa shape index (κ1) is 10.7. The number of nitrogens with one attached hydrogen (secondary N) is 1. The minimum Gasteiger partial charge on any atom is -0.465 e. The number of hydrogen-bond donors (Lipinski definition) is 1. The van der Waals surface area contributed by atoms with Crippen LogP contribution in [0.25, 0.3) is 0 Å². The zero-order chi connectivity index (χ0) is 9.40. The highest BCUT2D eigenvalue weighted by Gasteiger charge is 2.01. The fraction of sp³-hybridized carbons (Fsp3) is 0.500. The Labute approximate surface area is 71.6 Å². The molecule has 0 atom stereocenters. The van der Waals surface area contributed by atoms with Gasteiger partial charge >= 0.3 is 5.97 Å². The molecule has 0 aliphatic carbocycles. The molecule has 0 bridgehead atoms. The molecule has 4 nitrogen and oxygen atoms in total. The van der Waals surface area contributed by atoms with Crippen LogP contribution in [0, 0.1) is 0 Å². The predicted molar refractivity (Wildman–Crippen MR) is 44.5 cm³/mol. The second-order valence-corrected chi connectivity index (χ2v) is 2.02. The molecule has 12 heavy (non-hydrogen) atoms. The third-order valence-electron chi connectivity index (χ3n) is 1.03. The van der Waals surface area contributed by atoms with Crippen LogP contribution in [0.4, 0.5) is 0 Å². The van der Waals surface area contributed by atoms with Gasteiger partial charge in [0.05, 0.1) is 6.61 Å². The largest absolute Gasteiger partial charge is 0.465 e. The van der Waals surface area contributed by atoms with Crippen LogP contribution >= 0.6 is 0 Å². The van der Waals surface area contributed by atoms with Crippen molar-refractivity contribution in [1.82, 2.24) is 5.32 Å². The lowest BCUT2D eigenvalue weighted by Gasteiger charge is -2.01. The molecule has 0 rings (SSSR count). The topological polar surface area (TPSA) is 55.4 Å². The van der Waals surface area contributed by atoms with Crippen molar-refractivity contribution >= 4 is 11.9 Å². The average molecular weight is 171 g/mol. The van der Waals surface area contributed by atoms with E-state index in [-0.39, 0.29) is 12.5 Å². The number of amides is 1. The van der Waals surface area contributed by atoms with Crippen LogP contribution < -0.4 is 5.32 Å². The van der Waals surface area contributed by atoms with Crippen LogP contribution in [0.5, 0.6) is 0 Å². The number of esters is 1. The van der Waals surface area contributed by atoms with E-state index in [0.29, 0.717) is 6.61 Å². The van der Waals surface area contributed by atoms with E-state index in [1.807, 2.05) is 0 Å². The Kier molecular flexibility index (Phi) is 5.69. The monoisotopic (exact) mass is 171 g/mol. The first-order chi connectivity index (χ1) is 5.70. The van der Waals surface area contributed by atoms with E-state index in [1.54, 1.807) is 19.9 Å². The summed E-state index contributed by atoms with van der Waals surface area (Å²) in [4.78, 5) is 21.4. The molecule has 0 aliphatic rings. The summed E-state index contributed by atoms with van der Waals surface area (Å²) in [6.07, 6.45) is 2.94. The quantitative estimate of drug-likeness (QED) is 0.487. The highest BCUT2D eigenvalue weighted by Crippen LogP contribution is 1.76. The molecule has 0 saturated heterocycles. The highest BCUT2D eigenvalue weighted by atomic mass is 16.5. The van der Waals surface area contributed by atoms with Crippen molar-refractivity contribution in [2.24, 2.45) is 0 Å². The summed E-state index contributed by atoms with van der Waals surface area (Å²) >= 11 is 0. The van der Waals surface area contributed by atoms with Crippen molar-refractivity contribution < 1.29 is 14.3 Å². The minimum absolute atomic E-state index is 0.0724. The van der Waals surface area contributed by atoms with Crippen molar-refractivity contribution in [1.29, 1.82) is 0 Å². The lowest BCUT2D eigenvalue weighted by Crippen LogP contribution is -2.29. The van der Waals surface area contributed by atoms with E-state index in [1.165, 1.54) is 6.08 Å². The first-order valence-electron chi connectivity index (χ1n) is 3.76. The van der Waals surface area contributed by atoms with Crippen LogP contribution in [0.2, 0.25) is 0 Å². The van der Waals surface area contributed by atoms with Crippen LogP contribution in [0.15, 0.2) is 12.2 Å². The van der Waals surface area contributed by atoms with Gasteiger partial charge in [0.15, 0.2) is 0 Å². The van der Waals surface area contributed by atoms with E-state index < -0.39 is 5.97 Å². The van der Waals surface area contributed by atoms with Gasteiger partial charge in [0.2, 0.25) is 5.91 Å². The second-order valence-electron chi connectivity index (χ2n) is 2.02. The van der Waals surface area contributed by atoms with Gasteiger partial charge in [-0.3, -0.25) is 9.59 Å². The Morgan fingerprint density at radius 2 is 2.17 bits per heavy atom. The zero-order valence-electron chi connectivity index (χ0n) is 7.29. The summed E-state index contributed by atoms with van der Waals surface area (Å²) in [5.41, 5.74) is 0. The number of allylic oxidation sites excluding steroid dienone is 1.